The minimum Gasteiger partial charge on any atom is -0.311 e. The van der Waals surface area contributed by atoms with Gasteiger partial charge in [0.05, 0.1) is 18.4 Å². The van der Waals surface area contributed by atoms with E-state index in [1.54, 1.807) is 10.6 Å². The summed E-state index contributed by atoms with van der Waals surface area (Å²) in [7, 11) is 0. The van der Waals surface area contributed by atoms with Crippen LogP contribution in [0.4, 0.5) is 13.2 Å². The summed E-state index contributed by atoms with van der Waals surface area (Å²) >= 11 is 3.42. The second kappa shape index (κ2) is 6.77. The van der Waals surface area contributed by atoms with Crippen molar-refractivity contribution in [1.29, 1.82) is 0 Å². The van der Waals surface area contributed by atoms with Crippen LogP contribution in [0.5, 0.6) is 0 Å². The van der Waals surface area contributed by atoms with Crippen molar-refractivity contribution in [3.8, 4) is 11.3 Å². The zero-order chi connectivity index (χ0) is 19.0. The van der Waals surface area contributed by atoms with Crippen LogP contribution in [0.3, 0.4) is 0 Å². The fourth-order valence-corrected chi connectivity index (χ4v) is 3.36. The molecule has 0 spiro atoms. The molecule has 8 heteroatoms. The van der Waals surface area contributed by atoms with Crippen molar-refractivity contribution < 1.29 is 13.2 Å². The number of rotatable bonds is 3. The quantitative estimate of drug-likeness (QED) is 0.439. The maximum absolute atomic E-state index is 13.3. The molecular formula is C19H12BrF3N4. The molecule has 0 bridgehead atoms. The van der Waals surface area contributed by atoms with Crippen molar-refractivity contribution in [1.82, 2.24) is 19.5 Å². The Morgan fingerprint density at radius 1 is 0.963 bits per heavy atom. The lowest BCUT2D eigenvalue weighted by Crippen LogP contribution is -2.11. The molecule has 0 unspecified atom stereocenters. The van der Waals surface area contributed by atoms with Gasteiger partial charge in [-0.05, 0) is 23.8 Å². The van der Waals surface area contributed by atoms with Crippen LogP contribution in [-0.4, -0.2) is 19.5 Å². The van der Waals surface area contributed by atoms with E-state index in [0.29, 0.717) is 16.9 Å². The first-order valence-corrected chi connectivity index (χ1v) is 8.79. The molecule has 0 N–H and O–H groups in total. The standard InChI is InChI=1S/C19H12BrF3N4/c20-14-6-3-5-12(8-14)16-17-18(25-10-24-16)27(11-26-17)9-13-4-1-2-7-15(13)19(21,22)23/h1-8,10-11H,9H2. The molecular weight excluding hydrogens is 421 g/mol. The zero-order valence-corrected chi connectivity index (χ0v) is 15.4. The highest BCUT2D eigenvalue weighted by Crippen LogP contribution is 2.33. The number of imidazole rings is 1. The van der Waals surface area contributed by atoms with E-state index in [4.69, 9.17) is 0 Å². The monoisotopic (exact) mass is 432 g/mol. The van der Waals surface area contributed by atoms with Gasteiger partial charge in [0.15, 0.2) is 5.65 Å². The molecule has 0 fully saturated rings. The molecule has 4 aromatic rings. The second-order valence-corrected chi connectivity index (χ2v) is 6.85. The average Bonchev–Trinajstić information content (AvgIpc) is 3.04. The van der Waals surface area contributed by atoms with Crippen LogP contribution in [-0.2, 0) is 12.7 Å². The Morgan fingerprint density at radius 3 is 2.56 bits per heavy atom. The summed E-state index contributed by atoms with van der Waals surface area (Å²) in [5.41, 5.74) is 2.00. The highest BCUT2D eigenvalue weighted by atomic mass is 79.9. The molecule has 0 aliphatic carbocycles. The Morgan fingerprint density at radius 2 is 1.78 bits per heavy atom. The predicted molar refractivity (Wildman–Crippen MR) is 99.0 cm³/mol. The van der Waals surface area contributed by atoms with Crippen molar-refractivity contribution in [2.24, 2.45) is 0 Å². The molecule has 4 nitrogen and oxygen atoms in total. The van der Waals surface area contributed by atoms with E-state index in [-0.39, 0.29) is 12.1 Å². The van der Waals surface area contributed by atoms with Crippen LogP contribution in [0, 0.1) is 0 Å². The summed E-state index contributed by atoms with van der Waals surface area (Å²) < 4.78 is 42.3. The van der Waals surface area contributed by atoms with Gasteiger partial charge in [-0.1, -0.05) is 46.3 Å². The minimum atomic E-state index is -4.41. The number of fused-ring (bicyclic) bond motifs is 1. The Hall–Kier alpha value is -2.74. The SMILES string of the molecule is FC(F)(F)c1ccccc1Cn1cnc2c(-c3cccc(Br)c3)ncnc21. The van der Waals surface area contributed by atoms with Crippen LogP contribution in [0.2, 0.25) is 0 Å². The van der Waals surface area contributed by atoms with Gasteiger partial charge in [-0.3, -0.25) is 0 Å². The first kappa shape index (κ1) is 17.7. The lowest BCUT2D eigenvalue weighted by atomic mass is 10.1. The molecule has 0 atom stereocenters. The van der Waals surface area contributed by atoms with E-state index in [0.717, 1.165) is 16.1 Å². The largest absolute Gasteiger partial charge is 0.416 e. The maximum Gasteiger partial charge on any atom is 0.416 e. The number of hydrogen-bond donors (Lipinski definition) is 0. The summed E-state index contributed by atoms with van der Waals surface area (Å²) in [6, 6.07) is 13.1. The molecule has 0 aliphatic rings. The van der Waals surface area contributed by atoms with Gasteiger partial charge in [-0.25, -0.2) is 15.0 Å². The van der Waals surface area contributed by atoms with Gasteiger partial charge in [0.25, 0.3) is 0 Å². The van der Waals surface area contributed by atoms with Gasteiger partial charge in [0.1, 0.15) is 17.5 Å². The number of benzene rings is 2. The van der Waals surface area contributed by atoms with Gasteiger partial charge in [-0.2, -0.15) is 13.2 Å². The summed E-state index contributed by atoms with van der Waals surface area (Å²) in [5, 5.41) is 0. The van der Waals surface area contributed by atoms with Crippen molar-refractivity contribution in [3.63, 3.8) is 0 Å². The Labute approximate surface area is 160 Å². The number of aromatic nitrogens is 4. The summed E-state index contributed by atoms with van der Waals surface area (Å²) in [6.07, 6.45) is -1.52. The third-order valence-electron chi connectivity index (χ3n) is 4.16. The highest BCUT2D eigenvalue weighted by Gasteiger charge is 2.33. The topological polar surface area (TPSA) is 43.6 Å². The third kappa shape index (κ3) is 3.44. The fraction of sp³-hybridized carbons (Fsp3) is 0.105. The van der Waals surface area contributed by atoms with Crippen LogP contribution >= 0.6 is 15.9 Å². The van der Waals surface area contributed by atoms with E-state index in [1.807, 2.05) is 24.3 Å². The molecule has 0 saturated heterocycles. The van der Waals surface area contributed by atoms with Crippen molar-refractivity contribution in [2.75, 3.05) is 0 Å². The Bertz CT molecular complexity index is 1120. The highest BCUT2D eigenvalue weighted by molar-refractivity contribution is 9.10. The van der Waals surface area contributed by atoms with Gasteiger partial charge in [0, 0.05) is 10.0 Å². The first-order chi connectivity index (χ1) is 12.9. The van der Waals surface area contributed by atoms with E-state index in [1.165, 1.54) is 24.8 Å². The lowest BCUT2D eigenvalue weighted by Gasteiger charge is -2.13. The lowest BCUT2D eigenvalue weighted by molar-refractivity contribution is -0.138. The van der Waals surface area contributed by atoms with Crippen molar-refractivity contribution in [3.05, 3.63) is 76.8 Å². The number of alkyl halides is 3. The summed E-state index contributed by atoms with van der Waals surface area (Å²) in [6.45, 7) is 0.0150. The van der Waals surface area contributed by atoms with E-state index >= 15 is 0 Å². The van der Waals surface area contributed by atoms with Crippen LogP contribution < -0.4 is 0 Å². The van der Waals surface area contributed by atoms with E-state index < -0.39 is 11.7 Å². The molecule has 2 aromatic heterocycles. The summed E-state index contributed by atoms with van der Waals surface area (Å²) in [5.74, 6) is 0. The predicted octanol–water partition coefficient (Wildman–Crippen LogP) is 5.32. The number of halogens is 4. The third-order valence-corrected chi connectivity index (χ3v) is 4.66. The fourth-order valence-electron chi connectivity index (χ4n) is 2.96. The van der Waals surface area contributed by atoms with Gasteiger partial charge in [-0.15, -0.1) is 0 Å². The Balaban J connectivity index is 1.79. The van der Waals surface area contributed by atoms with Crippen LogP contribution in [0.15, 0.2) is 65.7 Å². The second-order valence-electron chi connectivity index (χ2n) is 5.93. The molecule has 0 aliphatic heterocycles. The maximum atomic E-state index is 13.3. The normalized spacial score (nSPS) is 11.9. The number of hydrogen-bond acceptors (Lipinski definition) is 3. The Kier molecular flexibility index (Phi) is 4.43. The molecule has 2 aromatic carbocycles. The zero-order valence-electron chi connectivity index (χ0n) is 13.8. The van der Waals surface area contributed by atoms with Gasteiger partial charge < -0.3 is 4.57 Å². The van der Waals surface area contributed by atoms with Crippen LogP contribution in [0.25, 0.3) is 22.4 Å². The number of nitrogens with zero attached hydrogens (tertiary/aromatic N) is 4. The molecule has 136 valence electrons. The van der Waals surface area contributed by atoms with Crippen molar-refractivity contribution in [2.45, 2.75) is 12.7 Å². The smallest absolute Gasteiger partial charge is 0.311 e. The molecule has 0 amide bonds. The molecule has 0 saturated carbocycles. The van der Waals surface area contributed by atoms with Crippen LogP contribution in [0.1, 0.15) is 11.1 Å². The molecule has 2 heterocycles. The average molecular weight is 433 g/mol. The summed E-state index contributed by atoms with van der Waals surface area (Å²) in [4.78, 5) is 12.9. The molecule has 4 rings (SSSR count). The first-order valence-electron chi connectivity index (χ1n) is 8.00. The van der Waals surface area contributed by atoms with Crippen molar-refractivity contribution >= 4 is 27.1 Å². The molecule has 27 heavy (non-hydrogen) atoms. The van der Waals surface area contributed by atoms with E-state index in [9.17, 15) is 13.2 Å². The van der Waals surface area contributed by atoms with E-state index in [2.05, 4.69) is 30.9 Å². The van der Waals surface area contributed by atoms with Gasteiger partial charge in [0.2, 0.25) is 0 Å². The minimum absolute atomic E-state index is 0.0150. The molecule has 0 radical (unpaired) electrons. The van der Waals surface area contributed by atoms with Gasteiger partial charge >= 0.3 is 6.18 Å².